The predicted molar refractivity (Wildman–Crippen MR) is 107 cm³/mol. The largest absolute Gasteiger partial charge is 0.478 e. The summed E-state index contributed by atoms with van der Waals surface area (Å²) in [6.45, 7) is 1.80. The van der Waals surface area contributed by atoms with Gasteiger partial charge in [-0.15, -0.1) is 0 Å². The van der Waals surface area contributed by atoms with Crippen LogP contribution in [0.3, 0.4) is 0 Å². The van der Waals surface area contributed by atoms with Crippen molar-refractivity contribution in [2.24, 2.45) is 0 Å². The predicted octanol–water partition coefficient (Wildman–Crippen LogP) is 5.62. The second kappa shape index (κ2) is 6.82. The van der Waals surface area contributed by atoms with Crippen molar-refractivity contribution >= 4 is 28.5 Å². The van der Waals surface area contributed by atoms with Crippen LogP contribution in [0.1, 0.15) is 15.9 Å². The summed E-state index contributed by atoms with van der Waals surface area (Å²) in [6, 6.07) is 18.8. The summed E-state index contributed by atoms with van der Waals surface area (Å²) in [7, 11) is 0. The van der Waals surface area contributed by atoms with Crippen LogP contribution in [0, 0.1) is 6.92 Å². The Kier molecular flexibility index (Phi) is 4.34. The van der Waals surface area contributed by atoms with Gasteiger partial charge in [-0.25, -0.2) is 14.8 Å². The number of carboxylic acids is 1. The zero-order chi connectivity index (χ0) is 19.0. The van der Waals surface area contributed by atoms with E-state index < -0.39 is 5.97 Å². The van der Waals surface area contributed by atoms with Gasteiger partial charge in [0, 0.05) is 22.7 Å². The second-order valence-corrected chi connectivity index (χ2v) is 6.56. The monoisotopic (exact) mass is 374 g/mol. The van der Waals surface area contributed by atoms with E-state index in [9.17, 15) is 9.90 Å². The van der Waals surface area contributed by atoms with Crippen LogP contribution in [-0.4, -0.2) is 21.0 Å². The van der Waals surface area contributed by atoms with E-state index in [2.05, 4.69) is 4.98 Å². The fourth-order valence-corrected chi connectivity index (χ4v) is 3.50. The van der Waals surface area contributed by atoms with Crippen molar-refractivity contribution in [1.82, 2.24) is 9.97 Å². The van der Waals surface area contributed by atoms with Crippen molar-refractivity contribution in [3.8, 4) is 22.4 Å². The van der Waals surface area contributed by atoms with E-state index >= 15 is 0 Å². The lowest BCUT2D eigenvalue weighted by Gasteiger charge is -2.12. The first-order valence-electron chi connectivity index (χ1n) is 8.40. The van der Waals surface area contributed by atoms with Gasteiger partial charge in [0.2, 0.25) is 0 Å². The van der Waals surface area contributed by atoms with Gasteiger partial charge >= 0.3 is 5.97 Å². The molecule has 0 unspecified atom stereocenters. The number of hydrogen-bond donors (Lipinski definition) is 1. The molecule has 0 atom stereocenters. The number of pyridine rings is 2. The van der Waals surface area contributed by atoms with E-state index in [1.165, 1.54) is 0 Å². The summed E-state index contributed by atoms with van der Waals surface area (Å²) < 4.78 is 0. The number of para-hydroxylation sites is 1. The first-order chi connectivity index (χ1) is 13.1. The van der Waals surface area contributed by atoms with Crippen LogP contribution in [0.2, 0.25) is 5.15 Å². The molecule has 0 fully saturated rings. The third kappa shape index (κ3) is 3.04. The Labute approximate surface area is 161 Å². The number of hydrogen-bond acceptors (Lipinski definition) is 3. The maximum Gasteiger partial charge on any atom is 0.336 e. The summed E-state index contributed by atoms with van der Waals surface area (Å²) in [5.41, 5.74) is 4.89. The zero-order valence-corrected chi connectivity index (χ0v) is 15.2. The molecule has 0 radical (unpaired) electrons. The Morgan fingerprint density at radius 1 is 0.963 bits per heavy atom. The molecular weight excluding hydrogens is 360 g/mol. The van der Waals surface area contributed by atoms with Gasteiger partial charge in [-0.05, 0) is 36.2 Å². The molecule has 5 heteroatoms. The van der Waals surface area contributed by atoms with Crippen LogP contribution in [0.4, 0.5) is 0 Å². The molecular formula is C22H15ClN2O2. The minimum Gasteiger partial charge on any atom is -0.478 e. The molecule has 0 saturated carbocycles. The van der Waals surface area contributed by atoms with Crippen LogP contribution in [0.5, 0.6) is 0 Å². The molecule has 4 aromatic rings. The van der Waals surface area contributed by atoms with Gasteiger partial charge in [0.05, 0.1) is 16.8 Å². The molecule has 0 spiro atoms. The van der Waals surface area contributed by atoms with Crippen LogP contribution in [-0.2, 0) is 0 Å². The minimum absolute atomic E-state index is 0.287. The van der Waals surface area contributed by atoms with Crippen LogP contribution in [0.15, 0.2) is 66.9 Å². The van der Waals surface area contributed by atoms with Crippen LogP contribution < -0.4 is 0 Å². The molecule has 0 saturated heterocycles. The maximum absolute atomic E-state index is 11.8. The lowest BCUT2D eigenvalue weighted by molar-refractivity contribution is 0.0698. The van der Waals surface area contributed by atoms with Gasteiger partial charge in [-0.3, -0.25) is 0 Å². The highest BCUT2D eigenvalue weighted by molar-refractivity contribution is 6.32. The second-order valence-electron chi connectivity index (χ2n) is 6.20. The molecule has 2 aromatic heterocycles. The van der Waals surface area contributed by atoms with Crippen LogP contribution in [0.25, 0.3) is 33.3 Å². The van der Waals surface area contributed by atoms with E-state index in [4.69, 9.17) is 16.6 Å². The standard InChI is InChI=1S/C22H15ClN2O2/c1-13-19(22(26)27)17-5-2-3-7-18(17)25-20(13)15-10-8-14(9-11-15)16-6-4-12-24-21(16)23/h2-12H,1H3,(H,26,27). The average molecular weight is 375 g/mol. The number of carboxylic acid groups (broad SMARTS) is 1. The van der Waals surface area contributed by atoms with Gasteiger partial charge in [-0.1, -0.05) is 54.1 Å². The molecule has 132 valence electrons. The quantitative estimate of drug-likeness (QED) is 0.472. The number of aromatic carboxylic acids is 1. The maximum atomic E-state index is 11.8. The van der Waals surface area contributed by atoms with E-state index in [1.54, 1.807) is 19.2 Å². The van der Waals surface area contributed by atoms with E-state index in [0.717, 1.165) is 16.7 Å². The highest BCUT2D eigenvalue weighted by Gasteiger charge is 2.18. The Bertz CT molecular complexity index is 1170. The summed E-state index contributed by atoms with van der Waals surface area (Å²) in [5.74, 6) is -0.953. The average Bonchev–Trinajstić information content (AvgIpc) is 2.68. The zero-order valence-electron chi connectivity index (χ0n) is 14.5. The molecule has 27 heavy (non-hydrogen) atoms. The Morgan fingerprint density at radius 3 is 2.37 bits per heavy atom. The fraction of sp³-hybridized carbons (Fsp3) is 0.0455. The number of benzene rings is 2. The van der Waals surface area contributed by atoms with Crippen molar-refractivity contribution in [3.63, 3.8) is 0 Å². The molecule has 4 nitrogen and oxygen atoms in total. The van der Waals surface area contributed by atoms with Crippen LogP contribution >= 0.6 is 11.6 Å². The Hall–Kier alpha value is -3.24. The molecule has 2 aromatic carbocycles. The lowest BCUT2D eigenvalue weighted by atomic mass is 9.96. The van der Waals surface area contributed by atoms with Gasteiger partial charge < -0.3 is 5.11 Å². The number of fused-ring (bicyclic) bond motifs is 1. The molecule has 4 rings (SSSR count). The smallest absolute Gasteiger partial charge is 0.336 e. The molecule has 1 N–H and O–H groups in total. The van der Waals surface area contributed by atoms with Crippen molar-refractivity contribution in [2.45, 2.75) is 6.92 Å². The summed E-state index contributed by atoms with van der Waals surface area (Å²) >= 11 is 6.17. The lowest BCUT2D eigenvalue weighted by Crippen LogP contribution is -2.04. The molecule has 0 amide bonds. The Balaban J connectivity index is 1.87. The van der Waals surface area contributed by atoms with E-state index in [-0.39, 0.29) is 5.56 Å². The molecule has 0 aliphatic carbocycles. The van der Waals surface area contributed by atoms with Crippen molar-refractivity contribution in [3.05, 3.63) is 83.1 Å². The molecule has 0 aliphatic heterocycles. The summed E-state index contributed by atoms with van der Waals surface area (Å²) in [6.07, 6.45) is 1.65. The van der Waals surface area contributed by atoms with Gasteiger partial charge in [0.25, 0.3) is 0 Å². The normalized spacial score (nSPS) is 10.9. The van der Waals surface area contributed by atoms with Crippen molar-refractivity contribution in [2.75, 3.05) is 0 Å². The highest BCUT2D eigenvalue weighted by atomic mass is 35.5. The highest BCUT2D eigenvalue weighted by Crippen LogP contribution is 2.32. The van der Waals surface area contributed by atoms with Gasteiger partial charge in [0.1, 0.15) is 5.15 Å². The number of halogens is 1. The molecule has 0 aliphatic rings. The number of aromatic nitrogens is 2. The van der Waals surface area contributed by atoms with Gasteiger partial charge in [0.15, 0.2) is 0 Å². The van der Waals surface area contributed by atoms with Gasteiger partial charge in [-0.2, -0.15) is 0 Å². The number of nitrogens with zero attached hydrogens (tertiary/aromatic N) is 2. The minimum atomic E-state index is -0.953. The SMILES string of the molecule is Cc1c(-c2ccc(-c3cccnc3Cl)cc2)nc2ccccc2c1C(=O)O. The fourth-order valence-electron chi connectivity index (χ4n) is 3.27. The van der Waals surface area contributed by atoms with E-state index in [0.29, 0.717) is 27.3 Å². The first-order valence-corrected chi connectivity index (χ1v) is 8.78. The molecule has 2 heterocycles. The third-order valence-electron chi connectivity index (χ3n) is 4.58. The topological polar surface area (TPSA) is 63.1 Å². The van der Waals surface area contributed by atoms with E-state index in [1.807, 2.05) is 54.6 Å². The van der Waals surface area contributed by atoms with Crippen molar-refractivity contribution in [1.29, 1.82) is 0 Å². The summed E-state index contributed by atoms with van der Waals surface area (Å²) in [4.78, 5) is 20.7. The summed E-state index contributed by atoms with van der Waals surface area (Å²) in [5, 5.41) is 10.8. The first kappa shape index (κ1) is 17.2. The van der Waals surface area contributed by atoms with Crippen molar-refractivity contribution < 1.29 is 9.90 Å². The molecule has 0 bridgehead atoms. The number of rotatable bonds is 3. The third-order valence-corrected chi connectivity index (χ3v) is 4.88. The number of carbonyl (C=O) groups is 1. The Morgan fingerprint density at radius 2 is 1.67 bits per heavy atom.